The van der Waals surface area contributed by atoms with Crippen LogP contribution in [-0.4, -0.2) is 42.6 Å². The Hall–Kier alpha value is -1.39. The van der Waals surface area contributed by atoms with Gasteiger partial charge in [0.05, 0.1) is 18.8 Å². The van der Waals surface area contributed by atoms with Crippen molar-refractivity contribution < 1.29 is 9.53 Å². The molecule has 4 heteroatoms. The monoisotopic (exact) mass is 290 g/mol. The van der Waals surface area contributed by atoms with E-state index in [1.807, 2.05) is 19.1 Å². The van der Waals surface area contributed by atoms with Crippen molar-refractivity contribution in [3.8, 4) is 0 Å². The molecular weight excluding hydrogens is 264 g/mol. The van der Waals surface area contributed by atoms with E-state index in [0.29, 0.717) is 6.54 Å². The van der Waals surface area contributed by atoms with Crippen LogP contribution in [0.25, 0.3) is 0 Å². The predicted molar refractivity (Wildman–Crippen MR) is 85.6 cm³/mol. The van der Waals surface area contributed by atoms with Gasteiger partial charge in [-0.05, 0) is 38.3 Å². The van der Waals surface area contributed by atoms with E-state index in [1.54, 1.807) is 0 Å². The highest BCUT2D eigenvalue weighted by molar-refractivity contribution is 5.93. The maximum atomic E-state index is 12.3. The number of aryl methyl sites for hydroxylation is 2. The van der Waals surface area contributed by atoms with Crippen LogP contribution in [0.4, 0.5) is 5.69 Å². The van der Waals surface area contributed by atoms with Gasteiger partial charge in [-0.15, -0.1) is 0 Å². The minimum Gasteiger partial charge on any atom is -0.373 e. The summed E-state index contributed by atoms with van der Waals surface area (Å²) < 4.78 is 5.70. The van der Waals surface area contributed by atoms with Crippen molar-refractivity contribution in [3.63, 3.8) is 0 Å². The van der Waals surface area contributed by atoms with Crippen molar-refractivity contribution in [2.45, 2.75) is 46.3 Å². The molecule has 0 bridgehead atoms. The van der Waals surface area contributed by atoms with E-state index >= 15 is 0 Å². The highest BCUT2D eigenvalue weighted by Gasteiger charge is 2.23. The van der Waals surface area contributed by atoms with Crippen LogP contribution in [0, 0.1) is 6.92 Å². The number of amides is 1. The largest absolute Gasteiger partial charge is 0.373 e. The number of hydrogen-bond donors (Lipinski definition) is 1. The molecule has 21 heavy (non-hydrogen) atoms. The summed E-state index contributed by atoms with van der Waals surface area (Å²) in [5, 5.41) is 3.09. The Morgan fingerprint density at radius 3 is 2.62 bits per heavy atom. The lowest BCUT2D eigenvalue weighted by molar-refractivity contribution is -0.121. The molecule has 0 unspecified atom stereocenters. The number of morpholine rings is 1. The fourth-order valence-electron chi connectivity index (χ4n) is 3.00. The standard InChI is InChI=1S/C17H26N2O2/c1-5-15-8-6-7-12(2)17(15)18-16(20)11-19-9-13(3)21-14(4)10-19/h6-8,13-14H,5,9-11H2,1-4H3,(H,18,20)/t13-,14-/m0/s1. The summed E-state index contributed by atoms with van der Waals surface area (Å²) in [4.78, 5) is 14.5. The molecule has 1 heterocycles. The molecule has 1 aromatic rings. The van der Waals surface area contributed by atoms with Crippen molar-refractivity contribution in [2.75, 3.05) is 25.0 Å². The summed E-state index contributed by atoms with van der Waals surface area (Å²) in [6, 6.07) is 6.14. The number of para-hydroxylation sites is 1. The molecule has 2 atom stereocenters. The van der Waals surface area contributed by atoms with Crippen LogP contribution < -0.4 is 5.32 Å². The van der Waals surface area contributed by atoms with Gasteiger partial charge in [0.25, 0.3) is 0 Å². The third kappa shape index (κ3) is 4.29. The lowest BCUT2D eigenvalue weighted by atomic mass is 10.1. The smallest absolute Gasteiger partial charge is 0.238 e. The first-order valence-electron chi connectivity index (χ1n) is 7.75. The van der Waals surface area contributed by atoms with Crippen LogP contribution >= 0.6 is 0 Å². The topological polar surface area (TPSA) is 41.6 Å². The van der Waals surface area contributed by atoms with Crippen LogP contribution in [0.5, 0.6) is 0 Å². The summed E-state index contributed by atoms with van der Waals surface area (Å²) in [5.74, 6) is 0.0558. The van der Waals surface area contributed by atoms with Gasteiger partial charge in [-0.2, -0.15) is 0 Å². The number of carbonyl (C=O) groups is 1. The fourth-order valence-corrected chi connectivity index (χ4v) is 3.00. The molecule has 0 aromatic heterocycles. The molecule has 1 N–H and O–H groups in total. The van der Waals surface area contributed by atoms with E-state index in [-0.39, 0.29) is 18.1 Å². The van der Waals surface area contributed by atoms with Crippen molar-refractivity contribution >= 4 is 11.6 Å². The molecule has 1 aliphatic heterocycles. The van der Waals surface area contributed by atoms with E-state index in [2.05, 4.69) is 37.1 Å². The average Bonchev–Trinajstić information content (AvgIpc) is 2.39. The summed E-state index contributed by atoms with van der Waals surface area (Å²) >= 11 is 0. The van der Waals surface area contributed by atoms with Crippen LogP contribution in [0.15, 0.2) is 18.2 Å². The van der Waals surface area contributed by atoms with Gasteiger partial charge in [-0.3, -0.25) is 9.69 Å². The van der Waals surface area contributed by atoms with E-state index in [9.17, 15) is 4.79 Å². The number of hydrogen-bond acceptors (Lipinski definition) is 3. The van der Waals surface area contributed by atoms with Crippen molar-refractivity contribution in [3.05, 3.63) is 29.3 Å². The number of anilines is 1. The zero-order chi connectivity index (χ0) is 15.4. The first kappa shape index (κ1) is 16.0. The number of carbonyl (C=O) groups excluding carboxylic acids is 1. The van der Waals surface area contributed by atoms with Gasteiger partial charge in [0.1, 0.15) is 0 Å². The summed E-state index contributed by atoms with van der Waals surface area (Å²) in [6.45, 7) is 10.3. The normalized spacial score (nSPS) is 23.0. The number of nitrogens with one attached hydrogen (secondary N) is 1. The van der Waals surface area contributed by atoms with Gasteiger partial charge in [-0.1, -0.05) is 25.1 Å². The zero-order valence-electron chi connectivity index (χ0n) is 13.5. The lowest BCUT2D eigenvalue weighted by Gasteiger charge is -2.34. The highest BCUT2D eigenvalue weighted by Crippen LogP contribution is 2.21. The highest BCUT2D eigenvalue weighted by atomic mass is 16.5. The summed E-state index contributed by atoms with van der Waals surface area (Å²) in [5.41, 5.74) is 3.28. The first-order valence-corrected chi connectivity index (χ1v) is 7.75. The molecule has 0 saturated carbocycles. The molecule has 0 spiro atoms. The quantitative estimate of drug-likeness (QED) is 0.927. The van der Waals surface area contributed by atoms with Crippen LogP contribution in [-0.2, 0) is 16.0 Å². The third-order valence-electron chi connectivity index (χ3n) is 3.87. The Bertz CT molecular complexity index is 492. The van der Waals surface area contributed by atoms with Crippen LogP contribution in [0.2, 0.25) is 0 Å². The molecule has 2 rings (SSSR count). The molecule has 1 amide bonds. The van der Waals surface area contributed by atoms with Gasteiger partial charge in [0.2, 0.25) is 5.91 Å². The van der Waals surface area contributed by atoms with Crippen LogP contribution in [0.3, 0.4) is 0 Å². The second kappa shape index (κ2) is 7.05. The molecule has 1 aliphatic rings. The number of benzene rings is 1. The molecular formula is C17H26N2O2. The Morgan fingerprint density at radius 2 is 2.00 bits per heavy atom. The Kier molecular flexibility index (Phi) is 5.37. The van der Waals surface area contributed by atoms with Crippen molar-refractivity contribution in [2.24, 2.45) is 0 Å². The molecule has 1 saturated heterocycles. The van der Waals surface area contributed by atoms with E-state index < -0.39 is 0 Å². The van der Waals surface area contributed by atoms with E-state index in [1.165, 1.54) is 5.56 Å². The lowest BCUT2D eigenvalue weighted by Crippen LogP contribution is -2.48. The molecule has 0 aliphatic carbocycles. The number of nitrogens with zero attached hydrogens (tertiary/aromatic N) is 1. The maximum Gasteiger partial charge on any atom is 0.238 e. The Labute approximate surface area is 127 Å². The molecule has 0 radical (unpaired) electrons. The van der Waals surface area contributed by atoms with Crippen LogP contribution in [0.1, 0.15) is 31.9 Å². The average molecular weight is 290 g/mol. The zero-order valence-corrected chi connectivity index (χ0v) is 13.5. The van der Waals surface area contributed by atoms with Gasteiger partial charge < -0.3 is 10.1 Å². The SMILES string of the molecule is CCc1cccc(C)c1NC(=O)CN1C[C@H](C)O[C@@H](C)C1. The summed E-state index contributed by atoms with van der Waals surface area (Å²) in [6.07, 6.45) is 1.29. The van der Waals surface area contributed by atoms with Gasteiger partial charge in [0.15, 0.2) is 0 Å². The number of ether oxygens (including phenoxy) is 1. The maximum absolute atomic E-state index is 12.3. The van der Waals surface area contributed by atoms with Gasteiger partial charge >= 0.3 is 0 Å². The second-order valence-corrected chi connectivity index (χ2v) is 5.96. The molecule has 116 valence electrons. The molecule has 1 aromatic carbocycles. The molecule has 1 fully saturated rings. The van der Waals surface area contributed by atoms with Crippen molar-refractivity contribution in [1.29, 1.82) is 0 Å². The Balaban J connectivity index is 1.99. The minimum absolute atomic E-state index is 0.0558. The number of rotatable bonds is 4. The Morgan fingerprint density at radius 1 is 1.33 bits per heavy atom. The van der Waals surface area contributed by atoms with E-state index in [0.717, 1.165) is 30.8 Å². The molecule has 4 nitrogen and oxygen atoms in total. The second-order valence-electron chi connectivity index (χ2n) is 5.96. The third-order valence-corrected chi connectivity index (χ3v) is 3.87. The van der Waals surface area contributed by atoms with Gasteiger partial charge in [0, 0.05) is 18.8 Å². The van der Waals surface area contributed by atoms with Crippen molar-refractivity contribution in [1.82, 2.24) is 4.90 Å². The van der Waals surface area contributed by atoms with Gasteiger partial charge in [-0.25, -0.2) is 0 Å². The predicted octanol–water partition coefficient (Wildman–Crippen LogP) is 2.61. The first-order chi connectivity index (χ1) is 9.99. The fraction of sp³-hybridized carbons (Fsp3) is 0.588. The van der Waals surface area contributed by atoms with E-state index in [4.69, 9.17) is 4.74 Å². The minimum atomic E-state index is 0.0558. The summed E-state index contributed by atoms with van der Waals surface area (Å²) in [7, 11) is 0.